The van der Waals surface area contributed by atoms with Crippen LogP contribution >= 0.6 is 45.8 Å². The van der Waals surface area contributed by atoms with Crippen LogP contribution in [0.1, 0.15) is 11.1 Å². The van der Waals surface area contributed by atoms with Crippen molar-refractivity contribution < 1.29 is 5.11 Å². The first kappa shape index (κ1) is 13.6. The topological polar surface area (TPSA) is 44.1 Å². The van der Waals surface area contributed by atoms with Crippen LogP contribution in [0.2, 0.25) is 10.0 Å². The highest BCUT2D eigenvalue weighted by Gasteiger charge is 2.13. The predicted molar refractivity (Wildman–Crippen MR) is 83.2 cm³/mol. The Labute approximate surface area is 128 Å². The summed E-state index contributed by atoms with van der Waals surface area (Å²) >= 11 is 13.9. The normalized spacial score (nSPS) is 10.4. The lowest BCUT2D eigenvalue weighted by Crippen LogP contribution is -2.02. The van der Waals surface area contributed by atoms with Gasteiger partial charge in [-0.3, -0.25) is 5.41 Å². The van der Waals surface area contributed by atoms with Gasteiger partial charge in [0.25, 0.3) is 0 Å². The van der Waals surface area contributed by atoms with Gasteiger partial charge in [-0.05, 0) is 46.9 Å². The summed E-state index contributed by atoms with van der Waals surface area (Å²) in [7, 11) is 0. The third-order valence-electron chi connectivity index (χ3n) is 2.43. The van der Waals surface area contributed by atoms with Crippen molar-refractivity contribution >= 4 is 51.5 Å². The molecule has 0 spiro atoms. The van der Waals surface area contributed by atoms with E-state index in [2.05, 4.69) is 22.6 Å². The molecule has 0 bridgehead atoms. The molecule has 2 N–H and O–H groups in total. The molecule has 0 fully saturated rings. The van der Waals surface area contributed by atoms with Gasteiger partial charge in [0.1, 0.15) is 5.75 Å². The van der Waals surface area contributed by atoms with Crippen LogP contribution in [0.5, 0.6) is 5.75 Å². The van der Waals surface area contributed by atoms with Crippen LogP contribution in [0, 0.1) is 8.98 Å². The first-order chi connectivity index (χ1) is 8.49. The van der Waals surface area contributed by atoms with Crippen molar-refractivity contribution in [1.29, 1.82) is 5.41 Å². The Morgan fingerprint density at radius 3 is 2.33 bits per heavy atom. The summed E-state index contributed by atoms with van der Waals surface area (Å²) < 4.78 is 1.08. The molecule has 92 valence electrons. The Kier molecular flexibility index (Phi) is 4.14. The van der Waals surface area contributed by atoms with Crippen molar-refractivity contribution in [3.05, 3.63) is 61.1 Å². The van der Waals surface area contributed by atoms with Crippen molar-refractivity contribution in [2.75, 3.05) is 0 Å². The maximum Gasteiger partial charge on any atom is 0.143 e. The fraction of sp³-hybridized carbons (Fsp3) is 0. The molecule has 0 aliphatic rings. The second-order valence-electron chi connectivity index (χ2n) is 3.67. The van der Waals surface area contributed by atoms with E-state index in [1.54, 1.807) is 0 Å². The van der Waals surface area contributed by atoms with Crippen LogP contribution in [-0.2, 0) is 0 Å². The molecule has 0 saturated carbocycles. The maximum atomic E-state index is 9.88. The molecule has 0 aliphatic heterocycles. The van der Waals surface area contributed by atoms with E-state index in [1.807, 2.05) is 24.3 Å². The Morgan fingerprint density at radius 1 is 1.11 bits per heavy atom. The summed E-state index contributed by atoms with van der Waals surface area (Å²) in [6.07, 6.45) is 0. The highest BCUT2D eigenvalue weighted by atomic mass is 127. The predicted octanol–water partition coefficient (Wildman–Crippen LogP) is 4.72. The van der Waals surface area contributed by atoms with Crippen molar-refractivity contribution in [1.82, 2.24) is 0 Å². The maximum absolute atomic E-state index is 9.88. The number of hydrogen-bond acceptors (Lipinski definition) is 2. The van der Waals surface area contributed by atoms with Crippen molar-refractivity contribution in [3.8, 4) is 5.75 Å². The highest BCUT2D eigenvalue weighted by Crippen LogP contribution is 2.32. The first-order valence-electron chi connectivity index (χ1n) is 5.02. The fourth-order valence-corrected chi connectivity index (χ4v) is 2.38. The van der Waals surface area contributed by atoms with Gasteiger partial charge in [0.15, 0.2) is 0 Å². The number of halogens is 3. The molecule has 2 aromatic rings. The molecule has 0 radical (unpaired) electrons. The Morgan fingerprint density at radius 2 is 1.72 bits per heavy atom. The van der Waals surface area contributed by atoms with E-state index in [4.69, 9.17) is 28.6 Å². The number of phenolic OH excluding ortho intramolecular Hbond substituents is 1. The average Bonchev–Trinajstić information content (AvgIpc) is 2.34. The van der Waals surface area contributed by atoms with Crippen molar-refractivity contribution in [2.45, 2.75) is 0 Å². The standard InChI is InChI=1S/C13H8Cl2INO/c14-8-5-10(13(18)11(15)6-8)12(17)7-1-3-9(16)4-2-7/h1-6,17-18H. The van der Waals surface area contributed by atoms with Gasteiger partial charge >= 0.3 is 0 Å². The average molecular weight is 392 g/mol. The molecule has 0 amide bonds. The summed E-state index contributed by atoms with van der Waals surface area (Å²) in [5, 5.41) is 18.5. The lowest BCUT2D eigenvalue weighted by Gasteiger charge is -2.09. The molecule has 2 aromatic carbocycles. The van der Waals surface area contributed by atoms with Gasteiger partial charge in [0.05, 0.1) is 10.7 Å². The lowest BCUT2D eigenvalue weighted by molar-refractivity contribution is 0.474. The summed E-state index contributed by atoms with van der Waals surface area (Å²) in [6.45, 7) is 0. The van der Waals surface area contributed by atoms with Crippen LogP contribution in [0.25, 0.3) is 0 Å². The van der Waals surface area contributed by atoms with E-state index in [1.165, 1.54) is 12.1 Å². The van der Waals surface area contributed by atoms with Gasteiger partial charge in [0.2, 0.25) is 0 Å². The fourth-order valence-electron chi connectivity index (χ4n) is 1.53. The van der Waals surface area contributed by atoms with Crippen molar-refractivity contribution in [3.63, 3.8) is 0 Å². The molecule has 0 unspecified atom stereocenters. The quantitative estimate of drug-likeness (QED) is 0.564. The number of nitrogens with one attached hydrogen (secondary N) is 1. The Bertz CT molecular complexity index is 611. The van der Waals surface area contributed by atoms with E-state index in [-0.39, 0.29) is 16.5 Å². The number of benzene rings is 2. The van der Waals surface area contributed by atoms with E-state index in [9.17, 15) is 5.11 Å². The molecular weight excluding hydrogens is 384 g/mol. The molecule has 2 rings (SSSR count). The lowest BCUT2D eigenvalue weighted by atomic mass is 10.0. The van der Waals surface area contributed by atoms with Crippen molar-refractivity contribution in [2.24, 2.45) is 0 Å². The highest BCUT2D eigenvalue weighted by molar-refractivity contribution is 14.1. The zero-order valence-electron chi connectivity index (χ0n) is 9.05. The van der Waals surface area contributed by atoms with Crippen LogP contribution in [-0.4, -0.2) is 10.8 Å². The van der Waals surface area contributed by atoms with Gasteiger partial charge in [-0.15, -0.1) is 0 Å². The molecule has 0 aromatic heterocycles. The zero-order valence-corrected chi connectivity index (χ0v) is 12.7. The molecule has 0 aliphatic carbocycles. The second-order valence-corrected chi connectivity index (χ2v) is 5.75. The van der Waals surface area contributed by atoms with Gasteiger partial charge in [-0.25, -0.2) is 0 Å². The molecule has 0 heterocycles. The zero-order chi connectivity index (χ0) is 13.3. The minimum atomic E-state index is -0.121. The number of phenols is 1. The molecule has 5 heteroatoms. The molecule has 2 nitrogen and oxygen atoms in total. The number of rotatable bonds is 2. The number of hydrogen-bond donors (Lipinski definition) is 2. The smallest absolute Gasteiger partial charge is 0.143 e. The van der Waals surface area contributed by atoms with E-state index >= 15 is 0 Å². The van der Waals surface area contributed by atoms with E-state index < -0.39 is 0 Å². The Balaban J connectivity index is 2.49. The largest absolute Gasteiger partial charge is 0.506 e. The van der Waals surface area contributed by atoms with E-state index in [0.29, 0.717) is 16.1 Å². The van der Waals surface area contributed by atoms with Crippen LogP contribution in [0.4, 0.5) is 0 Å². The summed E-state index contributed by atoms with van der Waals surface area (Å²) in [5.41, 5.74) is 1.21. The molecule has 18 heavy (non-hydrogen) atoms. The van der Waals surface area contributed by atoms with Gasteiger partial charge in [0, 0.05) is 19.7 Å². The second kappa shape index (κ2) is 5.47. The summed E-state index contributed by atoms with van der Waals surface area (Å²) in [4.78, 5) is 0. The molecule has 0 saturated heterocycles. The van der Waals surface area contributed by atoms with Crippen LogP contribution < -0.4 is 0 Å². The summed E-state index contributed by atoms with van der Waals surface area (Å²) in [5.74, 6) is -0.121. The summed E-state index contributed by atoms with van der Waals surface area (Å²) in [6, 6.07) is 10.4. The third kappa shape index (κ3) is 2.79. The van der Waals surface area contributed by atoms with E-state index in [0.717, 1.165) is 3.57 Å². The van der Waals surface area contributed by atoms with Gasteiger partial charge < -0.3 is 5.11 Å². The molecular formula is C13H8Cl2INO. The number of aromatic hydroxyl groups is 1. The monoisotopic (exact) mass is 391 g/mol. The molecule has 0 atom stereocenters. The third-order valence-corrected chi connectivity index (χ3v) is 3.66. The van der Waals surface area contributed by atoms with Gasteiger partial charge in [-0.1, -0.05) is 35.3 Å². The SMILES string of the molecule is N=C(c1ccc(I)cc1)c1cc(Cl)cc(Cl)c1O. The van der Waals surface area contributed by atoms with Gasteiger partial charge in [-0.2, -0.15) is 0 Å². The minimum Gasteiger partial charge on any atom is -0.506 e. The Hall–Kier alpha value is -0.780. The minimum absolute atomic E-state index is 0.121. The van der Waals surface area contributed by atoms with Crippen LogP contribution in [0.15, 0.2) is 36.4 Å². The van der Waals surface area contributed by atoms with Crippen LogP contribution in [0.3, 0.4) is 0 Å². The first-order valence-corrected chi connectivity index (χ1v) is 6.85.